The van der Waals surface area contributed by atoms with Gasteiger partial charge in [-0.1, -0.05) is 17.7 Å². The summed E-state index contributed by atoms with van der Waals surface area (Å²) < 4.78 is 24.5. The van der Waals surface area contributed by atoms with E-state index < -0.39 is 5.82 Å². The first-order valence-electron chi connectivity index (χ1n) is 11.3. The van der Waals surface area contributed by atoms with Crippen LogP contribution in [0, 0.1) is 11.7 Å². The lowest BCUT2D eigenvalue weighted by atomic mass is 9.76. The molecule has 2 aromatic rings. The SMILES string of the molecule is O=C(COc1ccc(Cl)c(F)c1)NC1CC2(NC(=O)c3cnc(C4=CCC(O)CC4)o3)CC1C2. The van der Waals surface area contributed by atoms with E-state index in [1.54, 1.807) is 0 Å². The van der Waals surface area contributed by atoms with Crippen LogP contribution in [0.5, 0.6) is 5.75 Å². The van der Waals surface area contributed by atoms with Crippen LogP contribution in [0.15, 0.2) is 34.9 Å². The lowest BCUT2D eigenvalue weighted by Crippen LogP contribution is -2.51. The van der Waals surface area contributed by atoms with Gasteiger partial charge in [0, 0.05) is 23.2 Å². The van der Waals surface area contributed by atoms with Crippen molar-refractivity contribution in [2.24, 2.45) is 5.92 Å². The summed E-state index contributed by atoms with van der Waals surface area (Å²) in [5.41, 5.74) is 0.527. The van der Waals surface area contributed by atoms with Crippen molar-refractivity contribution in [1.82, 2.24) is 15.6 Å². The Kier molecular flexibility index (Phi) is 6.07. The molecule has 10 heteroatoms. The molecule has 6 rings (SSSR count). The number of amides is 2. The second-order valence-corrected chi connectivity index (χ2v) is 9.74. The molecule has 0 saturated heterocycles. The number of nitrogens with one attached hydrogen (secondary N) is 2. The van der Waals surface area contributed by atoms with E-state index in [1.807, 2.05) is 6.08 Å². The van der Waals surface area contributed by atoms with Gasteiger partial charge in [-0.25, -0.2) is 9.37 Å². The fourth-order valence-corrected chi connectivity index (χ4v) is 5.23. The largest absolute Gasteiger partial charge is 0.484 e. The maximum absolute atomic E-state index is 13.5. The molecule has 4 aliphatic rings. The Morgan fingerprint density at radius 1 is 1.32 bits per heavy atom. The number of nitrogens with zero attached hydrogens (tertiary/aromatic N) is 1. The molecule has 0 radical (unpaired) electrons. The van der Waals surface area contributed by atoms with E-state index in [1.165, 1.54) is 18.3 Å². The minimum Gasteiger partial charge on any atom is -0.484 e. The van der Waals surface area contributed by atoms with Crippen LogP contribution in [0.3, 0.4) is 0 Å². The molecule has 34 heavy (non-hydrogen) atoms. The predicted octanol–water partition coefficient (Wildman–Crippen LogP) is 3.24. The third-order valence-electron chi connectivity index (χ3n) is 6.86. The zero-order chi connectivity index (χ0) is 23.9. The number of carbonyl (C=O) groups is 2. The van der Waals surface area contributed by atoms with Gasteiger partial charge in [0.1, 0.15) is 11.6 Å². The van der Waals surface area contributed by atoms with Gasteiger partial charge in [0.25, 0.3) is 11.8 Å². The van der Waals surface area contributed by atoms with Crippen molar-refractivity contribution in [1.29, 1.82) is 0 Å². The number of aliphatic hydroxyl groups excluding tert-OH is 1. The molecular formula is C24H25ClFN3O5. The third-order valence-corrected chi connectivity index (χ3v) is 7.17. The van der Waals surface area contributed by atoms with Crippen molar-refractivity contribution in [3.05, 3.63) is 53.0 Å². The monoisotopic (exact) mass is 489 g/mol. The minimum absolute atomic E-state index is 0.0117. The number of aliphatic hydroxyl groups is 1. The van der Waals surface area contributed by atoms with Crippen LogP contribution < -0.4 is 15.4 Å². The molecule has 2 unspecified atom stereocenters. The van der Waals surface area contributed by atoms with Crippen LogP contribution >= 0.6 is 11.6 Å². The van der Waals surface area contributed by atoms with E-state index >= 15 is 0 Å². The number of aromatic nitrogens is 1. The van der Waals surface area contributed by atoms with Crippen molar-refractivity contribution < 1.29 is 28.2 Å². The van der Waals surface area contributed by atoms with E-state index in [2.05, 4.69) is 15.6 Å². The fourth-order valence-electron chi connectivity index (χ4n) is 5.11. The Labute approximate surface area is 200 Å². The molecule has 8 nitrogen and oxygen atoms in total. The van der Waals surface area contributed by atoms with Crippen LogP contribution in [0.4, 0.5) is 4.39 Å². The average molecular weight is 490 g/mol. The number of benzene rings is 1. The van der Waals surface area contributed by atoms with Gasteiger partial charge in [-0.15, -0.1) is 0 Å². The smallest absolute Gasteiger partial charge is 0.289 e. The van der Waals surface area contributed by atoms with Gasteiger partial charge in [0.05, 0.1) is 17.3 Å². The van der Waals surface area contributed by atoms with Crippen LogP contribution in [0.25, 0.3) is 5.57 Å². The number of hydrogen-bond acceptors (Lipinski definition) is 6. The van der Waals surface area contributed by atoms with E-state index in [4.69, 9.17) is 20.8 Å². The Hall–Kier alpha value is -2.91. The van der Waals surface area contributed by atoms with Gasteiger partial charge >= 0.3 is 0 Å². The van der Waals surface area contributed by atoms with Crippen molar-refractivity contribution in [3.63, 3.8) is 0 Å². The summed E-state index contributed by atoms with van der Waals surface area (Å²) in [5, 5.41) is 15.6. The van der Waals surface area contributed by atoms with Gasteiger partial charge in [-0.3, -0.25) is 9.59 Å². The Morgan fingerprint density at radius 3 is 2.88 bits per heavy atom. The molecule has 180 valence electrons. The maximum Gasteiger partial charge on any atom is 0.289 e. The third kappa shape index (κ3) is 4.67. The van der Waals surface area contributed by atoms with Gasteiger partial charge < -0.3 is 24.9 Å². The van der Waals surface area contributed by atoms with E-state index in [0.29, 0.717) is 31.6 Å². The van der Waals surface area contributed by atoms with Crippen LogP contribution in [-0.2, 0) is 4.79 Å². The molecule has 1 aromatic heterocycles. The lowest BCUT2D eigenvalue weighted by molar-refractivity contribution is -0.124. The van der Waals surface area contributed by atoms with E-state index in [0.717, 1.165) is 24.5 Å². The molecule has 4 aliphatic carbocycles. The quantitative estimate of drug-likeness (QED) is 0.550. The van der Waals surface area contributed by atoms with Crippen LogP contribution in [0.2, 0.25) is 5.02 Å². The first-order chi connectivity index (χ1) is 16.3. The highest BCUT2D eigenvalue weighted by Gasteiger charge is 2.57. The summed E-state index contributed by atoms with van der Waals surface area (Å²) in [5.74, 6) is -0.172. The normalized spacial score (nSPS) is 27.5. The maximum atomic E-state index is 13.5. The number of oxazole rings is 1. The molecule has 3 N–H and O–H groups in total. The molecule has 0 spiro atoms. The molecule has 1 heterocycles. The molecule has 3 fully saturated rings. The number of rotatable bonds is 7. The van der Waals surface area contributed by atoms with E-state index in [-0.39, 0.29) is 58.6 Å². The standard InChI is InChI=1S/C24H25ClFN3O5/c25-17-6-5-16(7-18(17)26)33-12-21(31)28-19-10-24(8-14(19)9-24)29-22(32)20-11-27-23(34-20)13-1-3-15(30)4-2-13/h1,5-7,11,14-15,19,30H,2-4,8-10,12H2,(H,28,31)(H,29,32). The number of carbonyl (C=O) groups excluding carboxylic acids is 2. The van der Waals surface area contributed by atoms with Crippen molar-refractivity contribution in [3.8, 4) is 5.75 Å². The summed E-state index contributed by atoms with van der Waals surface area (Å²) >= 11 is 5.65. The highest BCUT2D eigenvalue weighted by atomic mass is 35.5. The molecule has 0 aliphatic heterocycles. The van der Waals surface area contributed by atoms with Crippen molar-refractivity contribution >= 4 is 29.0 Å². The van der Waals surface area contributed by atoms with E-state index in [9.17, 15) is 19.1 Å². The minimum atomic E-state index is -0.609. The number of fused-ring (bicyclic) bond motifs is 1. The van der Waals surface area contributed by atoms with Gasteiger partial charge in [0.15, 0.2) is 6.61 Å². The molecule has 3 saturated carbocycles. The Bertz CT molecular complexity index is 1140. The lowest BCUT2D eigenvalue weighted by Gasteiger charge is -2.38. The molecule has 2 bridgehead atoms. The highest BCUT2D eigenvalue weighted by Crippen LogP contribution is 2.52. The number of ether oxygens (including phenoxy) is 1. The second kappa shape index (κ2) is 9.03. The highest BCUT2D eigenvalue weighted by molar-refractivity contribution is 6.30. The van der Waals surface area contributed by atoms with Gasteiger partial charge in [-0.05, 0) is 56.6 Å². The second-order valence-electron chi connectivity index (χ2n) is 9.33. The first kappa shape index (κ1) is 22.9. The number of allylic oxidation sites excluding steroid dienone is 1. The van der Waals surface area contributed by atoms with Gasteiger partial charge in [-0.2, -0.15) is 0 Å². The van der Waals surface area contributed by atoms with Gasteiger partial charge in [0.2, 0.25) is 11.7 Å². The summed E-state index contributed by atoms with van der Waals surface area (Å²) in [6.07, 6.45) is 7.01. The fraction of sp³-hybridized carbons (Fsp3) is 0.458. The number of halogens is 2. The summed E-state index contributed by atoms with van der Waals surface area (Å²) in [6, 6.07) is 3.94. The predicted molar refractivity (Wildman–Crippen MR) is 121 cm³/mol. The molecule has 2 atom stereocenters. The first-order valence-corrected chi connectivity index (χ1v) is 11.7. The summed E-state index contributed by atoms with van der Waals surface area (Å²) in [7, 11) is 0. The van der Waals surface area contributed by atoms with Crippen LogP contribution in [-0.4, -0.2) is 46.2 Å². The number of hydrogen-bond donors (Lipinski definition) is 3. The van der Waals surface area contributed by atoms with Crippen molar-refractivity contribution in [2.45, 2.75) is 56.2 Å². The summed E-state index contributed by atoms with van der Waals surface area (Å²) in [6.45, 7) is -0.239. The van der Waals surface area contributed by atoms with Crippen LogP contribution in [0.1, 0.15) is 55.0 Å². The average Bonchev–Trinajstić information content (AvgIpc) is 3.48. The zero-order valence-corrected chi connectivity index (χ0v) is 19.1. The molecule has 2 amide bonds. The Morgan fingerprint density at radius 2 is 2.15 bits per heavy atom. The molecular weight excluding hydrogens is 465 g/mol. The summed E-state index contributed by atoms with van der Waals surface area (Å²) in [4.78, 5) is 29.3. The molecule has 1 aromatic carbocycles. The topological polar surface area (TPSA) is 114 Å². The van der Waals surface area contributed by atoms with Crippen molar-refractivity contribution in [2.75, 3.05) is 6.61 Å². The Balaban J connectivity index is 1.12. The zero-order valence-electron chi connectivity index (χ0n) is 18.4.